The van der Waals surface area contributed by atoms with Gasteiger partial charge in [-0.25, -0.2) is 0 Å². The third kappa shape index (κ3) is 1.04. The van der Waals surface area contributed by atoms with Gasteiger partial charge in [0.2, 0.25) is 0 Å². The van der Waals surface area contributed by atoms with E-state index in [0.29, 0.717) is 11.3 Å². The van der Waals surface area contributed by atoms with E-state index in [0.717, 1.165) is 25.7 Å². The molecule has 0 aromatic carbocycles. The topological polar surface area (TPSA) is 40.5 Å². The molecule has 0 amide bonds. The van der Waals surface area contributed by atoms with Gasteiger partial charge in [-0.15, -0.1) is 0 Å². The first kappa shape index (κ1) is 9.17. The highest BCUT2D eigenvalue weighted by Gasteiger charge is 2.58. The van der Waals surface area contributed by atoms with E-state index in [-0.39, 0.29) is 0 Å². The Labute approximate surface area is 85.3 Å². The molecule has 0 aliphatic heterocycles. The molecule has 80 valence electrons. The molecule has 2 N–H and O–H groups in total. The van der Waals surface area contributed by atoms with Crippen LogP contribution in [0.25, 0.3) is 0 Å². The average Bonchev–Trinajstić information content (AvgIpc) is 2.46. The van der Waals surface area contributed by atoms with E-state index in [1.165, 1.54) is 25.7 Å². The molecule has 2 heteroatoms. The van der Waals surface area contributed by atoms with Crippen LogP contribution < -0.4 is 0 Å². The fourth-order valence-corrected chi connectivity index (χ4v) is 4.33. The van der Waals surface area contributed by atoms with Gasteiger partial charge in [-0.2, -0.15) is 0 Å². The quantitative estimate of drug-likeness (QED) is 0.620. The van der Waals surface area contributed by atoms with Gasteiger partial charge < -0.3 is 10.2 Å². The zero-order valence-corrected chi connectivity index (χ0v) is 8.71. The molecule has 1 spiro atoms. The summed E-state index contributed by atoms with van der Waals surface area (Å²) in [7, 11) is 0. The maximum atomic E-state index is 10.3. The summed E-state index contributed by atoms with van der Waals surface area (Å²) in [6, 6.07) is 0. The van der Waals surface area contributed by atoms with E-state index in [1.807, 2.05) is 0 Å². The Bertz CT molecular complexity index is 253. The molecule has 0 radical (unpaired) electrons. The summed E-state index contributed by atoms with van der Waals surface area (Å²) in [5.41, 5.74) is -0.292. The monoisotopic (exact) mass is 196 g/mol. The predicted molar refractivity (Wildman–Crippen MR) is 53.8 cm³/mol. The molecule has 0 aromatic rings. The highest BCUT2D eigenvalue weighted by atomic mass is 16.3. The van der Waals surface area contributed by atoms with Crippen molar-refractivity contribution in [2.24, 2.45) is 11.3 Å². The predicted octanol–water partition coefficient (Wildman–Crippen LogP) is 1.84. The normalized spacial score (nSPS) is 57.0. The zero-order valence-electron chi connectivity index (χ0n) is 8.71. The first-order chi connectivity index (χ1) is 6.65. The van der Waals surface area contributed by atoms with Crippen LogP contribution in [0.15, 0.2) is 0 Å². The molecule has 0 heterocycles. The van der Waals surface area contributed by atoms with Crippen molar-refractivity contribution in [2.45, 2.75) is 63.1 Å². The summed E-state index contributed by atoms with van der Waals surface area (Å²) in [5, 5.41) is 20.2. The number of aliphatic hydroxyl groups is 2. The van der Waals surface area contributed by atoms with E-state index in [4.69, 9.17) is 0 Å². The van der Waals surface area contributed by atoms with Gasteiger partial charge in [0.1, 0.15) is 0 Å². The number of hydrogen-bond donors (Lipinski definition) is 2. The van der Waals surface area contributed by atoms with Crippen LogP contribution in [0.1, 0.15) is 51.4 Å². The van der Waals surface area contributed by atoms with Crippen molar-refractivity contribution < 1.29 is 10.2 Å². The molecule has 0 aromatic heterocycles. The molecule has 3 rings (SSSR count). The van der Waals surface area contributed by atoms with Crippen LogP contribution in [0.5, 0.6) is 0 Å². The first-order valence-corrected chi connectivity index (χ1v) is 6.05. The summed E-state index contributed by atoms with van der Waals surface area (Å²) in [6.07, 6.45) is 8.54. The smallest absolute Gasteiger partial charge is 0.0911 e. The molecule has 3 saturated carbocycles. The molecule has 4 atom stereocenters. The van der Waals surface area contributed by atoms with Crippen molar-refractivity contribution in [1.82, 2.24) is 0 Å². The maximum Gasteiger partial charge on any atom is 0.0911 e. The minimum atomic E-state index is -0.714. The second kappa shape index (κ2) is 2.73. The van der Waals surface area contributed by atoms with E-state index in [1.54, 1.807) is 0 Å². The van der Waals surface area contributed by atoms with Crippen LogP contribution in [0.2, 0.25) is 0 Å². The molecule has 3 aliphatic carbocycles. The second-order valence-corrected chi connectivity index (χ2v) is 5.84. The Balaban J connectivity index is 1.92. The third-order valence-electron chi connectivity index (χ3n) is 5.19. The van der Waals surface area contributed by atoms with Gasteiger partial charge in [-0.1, -0.05) is 12.8 Å². The molecule has 0 unspecified atom stereocenters. The summed E-state index contributed by atoms with van der Waals surface area (Å²) in [4.78, 5) is 0. The Hall–Kier alpha value is -0.0800. The minimum Gasteiger partial charge on any atom is -0.390 e. The van der Waals surface area contributed by atoms with Gasteiger partial charge in [0.15, 0.2) is 0 Å². The second-order valence-electron chi connectivity index (χ2n) is 5.84. The van der Waals surface area contributed by atoms with E-state index in [2.05, 4.69) is 0 Å². The van der Waals surface area contributed by atoms with Crippen molar-refractivity contribution in [3.63, 3.8) is 0 Å². The number of rotatable bonds is 0. The Morgan fingerprint density at radius 3 is 2.79 bits per heavy atom. The molecule has 2 nitrogen and oxygen atoms in total. The minimum absolute atomic E-state index is 0.423. The first-order valence-electron chi connectivity index (χ1n) is 6.05. The number of fused-ring (bicyclic) bond motifs is 1. The molecule has 14 heavy (non-hydrogen) atoms. The lowest BCUT2D eigenvalue weighted by atomic mass is 9.59. The van der Waals surface area contributed by atoms with Gasteiger partial charge in [0.25, 0.3) is 0 Å². The lowest BCUT2D eigenvalue weighted by Gasteiger charge is -2.48. The molecular formula is C12H20O2. The van der Waals surface area contributed by atoms with Crippen LogP contribution in [-0.2, 0) is 0 Å². The average molecular weight is 196 g/mol. The van der Waals surface area contributed by atoms with Crippen molar-refractivity contribution >= 4 is 0 Å². The standard InChI is InChI=1S/C12H20O2/c13-10-7-9-3-1-2-4-11(9)5-6-12(10,14)8-11/h9-10,13-14H,1-8H2/t9-,10+,11+,12+/m0/s1. The van der Waals surface area contributed by atoms with Gasteiger partial charge >= 0.3 is 0 Å². The van der Waals surface area contributed by atoms with Gasteiger partial charge in [0.05, 0.1) is 11.7 Å². The lowest BCUT2D eigenvalue weighted by molar-refractivity contribution is -0.126. The van der Waals surface area contributed by atoms with Crippen molar-refractivity contribution in [2.75, 3.05) is 0 Å². The fourth-order valence-electron chi connectivity index (χ4n) is 4.33. The van der Waals surface area contributed by atoms with Crippen LogP contribution in [0.3, 0.4) is 0 Å². The van der Waals surface area contributed by atoms with E-state index in [9.17, 15) is 10.2 Å². The van der Waals surface area contributed by atoms with Crippen molar-refractivity contribution in [3.05, 3.63) is 0 Å². The molecular weight excluding hydrogens is 176 g/mol. The van der Waals surface area contributed by atoms with Crippen LogP contribution in [-0.4, -0.2) is 21.9 Å². The van der Waals surface area contributed by atoms with Crippen LogP contribution in [0, 0.1) is 11.3 Å². The van der Waals surface area contributed by atoms with E-state index < -0.39 is 11.7 Å². The highest BCUT2D eigenvalue weighted by molar-refractivity contribution is 5.10. The number of aliphatic hydroxyl groups excluding tert-OH is 1. The van der Waals surface area contributed by atoms with Gasteiger partial charge in [-0.05, 0) is 49.9 Å². The van der Waals surface area contributed by atoms with E-state index >= 15 is 0 Å². The molecule has 3 fully saturated rings. The Morgan fingerprint density at radius 2 is 1.93 bits per heavy atom. The highest BCUT2D eigenvalue weighted by Crippen LogP contribution is 2.61. The van der Waals surface area contributed by atoms with Gasteiger partial charge in [0, 0.05) is 0 Å². The van der Waals surface area contributed by atoms with Crippen molar-refractivity contribution in [3.8, 4) is 0 Å². The molecule has 0 saturated heterocycles. The summed E-state index contributed by atoms with van der Waals surface area (Å²) < 4.78 is 0. The summed E-state index contributed by atoms with van der Waals surface area (Å²) >= 11 is 0. The number of hydrogen-bond acceptors (Lipinski definition) is 2. The Kier molecular flexibility index (Phi) is 1.79. The Morgan fingerprint density at radius 1 is 1.07 bits per heavy atom. The van der Waals surface area contributed by atoms with Gasteiger partial charge in [-0.3, -0.25) is 0 Å². The SMILES string of the molecule is O[C@@H]1C[C@@H]2CCCC[C@]23CC[C@@]1(O)C3. The summed E-state index contributed by atoms with van der Waals surface area (Å²) in [5.74, 6) is 0.703. The lowest BCUT2D eigenvalue weighted by Crippen LogP contribution is -2.49. The largest absolute Gasteiger partial charge is 0.390 e. The van der Waals surface area contributed by atoms with Crippen LogP contribution >= 0.6 is 0 Å². The maximum absolute atomic E-state index is 10.3. The fraction of sp³-hybridized carbons (Fsp3) is 1.00. The van der Waals surface area contributed by atoms with Crippen molar-refractivity contribution in [1.29, 1.82) is 0 Å². The molecule has 2 bridgehead atoms. The summed E-state index contributed by atoms with van der Waals surface area (Å²) in [6.45, 7) is 0. The van der Waals surface area contributed by atoms with Crippen LogP contribution in [0.4, 0.5) is 0 Å². The molecule has 3 aliphatic rings. The third-order valence-corrected chi connectivity index (χ3v) is 5.19. The zero-order chi connectivity index (χ0) is 9.81.